The summed E-state index contributed by atoms with van der Waals surface area (Å²) in [4.78, 5) is 15.4. The molecule has 6 nitrogen and oxygen atoms in total. The lowest BCUT2D eigenvalue weighted by atomic mass is 9.42. The fourth-order valence-corrected chi connectivity index (χ4v) is 11.6. The number of hydrogen-bond donors (Lipinski definition) is 4. The number of fused-ring (bicyclic) bond motifs is 6. The highest BCUT2D eigenvalue weighted by Gasteiger charge is 2.67. The minimum absolute atomic E-state index is 0.0504. The lowest BCUT2D eigenvalue weighted by Crippen LogP contribution is -2.71. The number of nitrogens with one attached hydrogen (secondary N) is 2. The molecule has 4 aliphatic carbocycles. The molecule has 0 radical (unpaired) electrons. The summed E-state index contributed by atoms with van der Waals surface area (Å²) < 4.78 is 5.78. The van der Waals surface area contributed by atoms with E-state index in [9.17, 15) is 15.0 Å². The zero-order valence-corrected chi connectivity index (χ0v) is 28.8. The summed E-state index contributed by atoms with van der Waals surface area (Å²) >= 11 is 0. The Morgan fingerprint density at radius 1 is 1.09 bits per heavy atom. The van der Waals surface area contributed by atoms with E-state index in [-0.39, 0.29) is 29.3 Å². The van der Waals surface area contributed by atoms with E-state index in [0.717, 1.165) is 60.9 Å². The van der Waals surface area contributed by atoms with E-state index in [1.807, 2.05) is 18.3 Å². The first kappa shape index (κ1) is 32.9. The number of benzene rings is 1. The largest absolute Gasteiger partial charge is 0.508 e. The average molecular weight is 621 g/mol. The summed E-state index contributed by atoms with van der Waals surface area (Å²) in [6.45, 7) is 14.5. The van der Waals surface area contributed by atoms with E-state index in [1.165, 1.54) is 57.4 Å². The molecule has 6 rings (SSSR count). The Labute approximate surface area is 271 Å². The Balaban J connectivity index is 1.24. The van der Waals surface area contributed by atoms with Crippen molar-refractivity contribution in [1.29, 1.82) is 0 Å². The number of carbonyl (C=O) groups excluding carboxylic acids is 1. The van der Waals surface area contributed by atoms with E-state index in [2.05, 4.69) is 44.9 Å². The second-order valence-corrected chi connectivity index (χ2v) is 16.8. The van der Waals surface area contributed by atoms with Crippen molar-refractivity contribution >= 4 is 16.9 Å². The van der Waals surface area contributed by atoms with Gasteiger partial charge in [-0.2, -0.15) is 0 Å². The number of rotatable bonds is 10. The monoisotopic (exact) mass is 620 g/mol. The molecule has 1 heterocycles. The number of hydrogen-bond acceptors (Lipinski definition) is 5. The summed E-state index contributed by atoms with van der Waals surface area (Å²) in [7, 11) is 0. The van der Waals surface area contributed by atoms with Gasteiger partial charge in [0.15, 0.2) is 0 Å². The van der Waals surface area contributed by atoms with Crippen LogP contribution >= 0.6 is 0 Å². The predicted molar refractivity (Wildman–Crippen MR) is 181 cm³/mol. The van der Waals surface area contributed by atoms with Crippen LogP contribution in [-0.2, 0) is 16.0 Å². The van der Waals surface area contributed by atoms with Crippen molar-refractivity contribution in [3.63, 3.8) is 0 Å². The number of phenolic OH excluding ortho intramolecular Hbond substituents is 1. The van der Waals surface area contributed by atoms with Gasteiger partial charge in [-0.05, 0) is 123 Å². The number of H-pyrrole nitrogens is 1. The summed E-state index contributed by atoms with van der Waals surface area (Å²) in [6.07, 6.45) is 15.1. The summed E-state index contributed by atoms with van der Waals surface area (Å²) in [5.74, 6) is 4.21. The highest BCUT2D eigenvalue weighted by Crippen LogP contribution is 2.69. The number of aromatic amines is 1. The Morgan fingerprint density at radius 3 is 2.64 bits per heavy atom. The third-order valence-electron chi connectivity index (χ3n) is 13.9. The molecule has 0 aliphatic heterocycles. The molecule has 250 valence electrons. The molecule has 2 aromatic rings. The fourth-order valence-electron chi connectivity index (χ4n) is 11.6. The van der Waals surface area contributed by atoms with E-state index in [1.54, 1.807) is 6.07 Å². The number of esters is 1. The molecule has 10 atom stereocenters. The van der Waals surface area contributed by atoms with E-state index >= 15 is 0 Å². The van der Waals surface area contributed by atoms with Crippen LogP contribution in [-0.4, -0.2) is 45.5 Å². The molecule has 4 aliphatic rings. The Bertz CT molecular complexity index is 1350. The van der Waals surface area contributed by atoms with Crippen LogP contribution in [0.25, 0.3) is 10.9 Å². The number of aromatic nitrogens is 1. The van der Waals surface area contributed by atoms with Crippen molar-refractivity contribution in [2.45, 2.75) is 136 Å². The van der Waals surface area contributed by atoms with Crippen molar-refractivity contribution in [2.24, 2.45) is 46.3 Å². The van der Waals surface area contributed by atoms with Gasteiger partial charge in [0.1, 0.15) is 11.9 Å². The second-order valence-electron chi connectivity index (χ2n) is 16.8. The maximum atomic E-state index is 12.9. The molecule has 4 N–H and O–H groups in total. The SMILES string of the molecule is CC(=O)O[C@H]1CC[C@]2(C)[C@H]3CC[C@]4(C)[C@@H]([C@H](C)CCCC(C)C)CC[C@H]4C3C[C@@H](NCCc3c[nH]c4ccc(O)cc34)[C@@]2(O)C1. The molecular formula is C39H60N2O4. The van der Waals surface area contributed by atoms with Gasteiger partial charge < -0.3 is 25.3 Å². The lowest BCUT2D eigenvalue weighted by molar-refractivity contribution is -0.237. The molecule has 4 fully saturated rings. The van der Waals surface area contributed by atoms with Gasteiger partial charge in [0, 0.05) is 41.9 Å². The maximum absolute atomic E-state index is 12.9. The molecule has 45 heavy (non-hydrogen) atoms. The summed E-state index contributed by atoms with van der Waals surface area (Å²) in [5.41, 5.74) is 1.45. The van der Waals surface area contributed by atoms with Crippen molar-refractivity contribution in [2.75, 3.05) is 6.54 Å². The van der Waals surface area contributed by atoms with Gasteiger partial charge in [0.05, 0.1) is 5.60 Å². The highest BCUT2D eigenvalue weighted by molar-refractivity contribution is 5.84. The average Bonchev–Trinajstić information content (AvgIpc) is 3.54. The number of aromatic hydroxyl groups is 1. The zero-order valence-electron chi connectivity index (χ0n) is 28.8. The molecule has 6 heteroatoms. The van der Waals surface area contributed by atoms with E-state index in [0.29, 0.717) is 29.6 Å². The maximum Gasteiger partial charge on any atom is 0.302 e. The van der Waals surface area contributed by atoms with Gasteiger partial charge >= 0.3 is 5.97 Å². The Kier molecular flexibility index (Phi) is 9.15. The highest BCUT2D eigenvalue weighted by atomic mass is 16.5. The molecule has 1 aromatic heterocycles. The first-order valence-corrected chi connectivity index (χ1v) is 18.3. The molecule has 0 spiro atoms. The van der Waals surface area contributed by atoms with E-state index < -0.39 is 5.60 Å². The van der Waals surface area contributed by atoms with Crippen molar-refractivity contribution < 1.29 is 19.7 Å². The third kappa shape index (κ3) is 5.85. The number of phenols is 1. The summed E-state index contributed by atoms with van der Waals surface area (Å²) in [6, 6.07) is 5.43. The first-order valence-electron chi connectivity index (χ1n) is 18.3. The molecule has 1 aromatic carbocycles. The Hall–Kier alpha value is -2.05. The smallest absolute Gasteiger partial charge is 0.302 e. The minimum atomic E-state index is -0.930. The van der Waals surface area contributed by atoms with Crippen LogP contribution in [0.1, 0.15) is 118 Å². The van der Waals surface area contributed by atoms with Crippen molar-refractivity contribution in [3.8, 4) is 5.75 Å². The molecule has 0 amide bonds. The second kappa shape index (κ2) is 12.5. The minimum Gasteiger partial charge on any atom is -0.508 e. The first-order chi connectivity index (χ1) is 21.4. The van der Waals surface area contributed by atoms with Gasteiger partial charge in [-0.25, -0.2) is 0 Å². The third-order valence-corrected chi connectivity index (χ3v) is 13.9. The standard InChI is InChI=1S/C39H60N2O4/c1-24(2)8-7-9-25(3)32-11-12-33-31-21-36(40-19-16-27-23-41-35-13-10-28(43)20-30(27)35)39(44)22-29(45-26(4)42)14-18-38(39,6)34(31)15-17-37(32,33)5/h10,13,20,23-25,29,31-34,36,40-41,43-44H,7-9,11-12,14-19,21-22H2,1-6H3/t25-,29+,31?,32-,33+,34+,36-,37-,38-,39+/m1/s1. The van der Waals surface area contributed by atoms with Crippen LogP contribution in [0.3, 0.4) is 0 Å². The van der Waals surface area contributed by atoms with Gasteiger partial charge in [-0.1, -0.05) is 53.9 Å². The van der Waals surface area contributed by atoms with E-state index in [4.69, 9.17) is 4.74 Å². The van der Waals surface area contributed by atoms with Crippen LogP contribution in [0.15, 0.2) is 24.4 Å². The molecule has 4 saturated carbocycles. The van der Waals surface area contributed by atoms with Crippen molar-refractivity contribution in [3.05, 3.63) is 30.0 Å². The van der Waals surface area contributed by atoms with Gasteiger partial charge in [0.2, 0.25) is 0 Å². The number of ether oxygens (including phenoxy) is 1. The van der Waals surface area contributed by atoms with Gasteiger partial charge in [-0.15, -0.1) is 0 Å². The van der Waals surface area contributed by atoms with Gasteiger partial charge in [-0.3, -0.25) is 4.79 Å². The van der Waals surface area contributed by atoms with Crippen LogP contribution in [0, 0.1) is 46.3 Å². The molecular weight excluding hydrogens is 560 g/mol. The molecule has 0 saturated heterocycles. The fraction of sp³-hybridized carbons (Fsp3) is 0.769. The van der Waals surface area contributed by atoms with Gasteiger partial charge in [0.25, 0.3) is 0 Å². The topological polar surface area (TPSA) is 94.6 Å². The predicted octanol–water partition coefficient (Wildman–Crippen LogP) is 8.15. The van der Waals surface area contributed by atoms with Crippen LogP contribution in [0.2, 0.25) is 0 Å². The quantitative estimate of drug-likeness (QED) is 0.201. The number of carbonyl (C=O) groups is 1. The van der Waals surface area contributed by atoms with Crippen LogP contribution < -0.4 is 5.32 Å². The number of aliphatic hydroxyl groups is 1. The van der Waals surface area contributed by atoms with Crippen molar-refractivity contribution in [1.82, 2.24) is 10.3 Å². The molecule has 0 bridgehead atoms. The zero-order chi connectivity index (χ0) is 32.1. The summed E-state index contributed by atoms with van der Waals surface area (Å²) in [5, 5.41) is 28.0. The van der Waals surface area contributed by atoms with Crippen LogP contribution in [0.5, 0.6) is 5.75 Å². The molecule has 1 unspecified atom stereocenters. The van der Waals surface area contributed by atoms with Crippen LogP contribution in [0.4, 0.5) is 0 Å². The Morgan fingerprint density at radius 2 is 1.89 bits per heavy atom. The normalized spacial score (nSPS) is 38.5. The lowest BCUT2D eigenvalue weighted by Gasteiger charge is -2.66.